The lowest BCUT2D eigenvalue weighted by atomic mass is 9.85. The van der Waals surface area contributed by atoms with E-state index in [9.17, 15) is 29.5 Å². The lowest BCUT2D eigenvalue weighted by molar-refractivity contribution is -0.147. The molecule has 0 fully saturated rings. The molecule has 9 heteroatoms. The highest BCUT2D eigenvalue weighted by molar-refractivity contribution is 5.89. The smallest absolute Gasteiger partial charge is 0.338 e. The van der Waals surface area contributed by atoms with Gasteiger partial charge in [-0.15, -0.1) is 0 Å². The molecule has 2 aromatic carbocycles. The van der Waals surface area contributed by atoms with Gasteiger partial charge in [-0.1, -0.05) is 0 Å². The van der Waals surface area contributed by atoms with Gasteiger partial charge in [0.1, 0.15) is 29.3 Å². The number of ether oxygens (including phenoxy) is 1. The van der Waals surface area contributed by atoms with Crippen LogP contribution in [0, 0.1) is 17.1 Å². The molecule has 0 saturated heterocycles. The highest BCUT2D eigenvalue weighted by atomic mass is 19.1. The quantitative estimate of drug-likeness (QED) is 0.733. The van der Waals surface area contributed by atoms with Crippen LogP contribution in [-0.2, 0) is 9.63 Å². The fourth-order valence-electron chi connectivity index (χ4n) is 3.31. The van der Waals surface area contributed by atoms with E-state index in [-0.39, 0.29) is 11.3 Å². The molecule has 2 aromatic rings. The number of nitriles is 1. The third-order valence-electron chi connectivity index (χ3n) is 4.76. The van der Waals surface area contributed by atoms with E-state index < -0.39 is 41.1 Å². The van der Waals surface area contributed by atoms with E-state index in [4.69, 9.17) is 9.57 Å². The summed E-state index contributed by atoms with van der Waals surface area (Å²) >= 11 is 0. The first-order valence-electron chi connectivity index (χ1n) is 8.97. The first-order valence-corrected chi connectivity index (χ1v) is 8.97. The van der Waals surface area contributed by atoms with E-state index in [1.807, 2.05) is 6.07 Å². The molecule has 1 heterocycles. The standard InChI is InChI=1S/C21H19FN2O6/c1-11(25)30-24(13-5-6-16(22)14(9-13)20(27)28)18-15-8-12(10-23)4-7-17(15)29-21(2,3)19(18)26/h4-9,18-19,26H,1-3H3,(H,27,28). The van der Waals surface area contributed by atoms with Gasteiger partial charge in [0.25, 0.3) is 0 Å². The third kappa shape index (κ3) is 3.77. The minimum absolute atomic E-state index is 0.0269. The normalized spacial score (nSPS) is 19.1. The largest absolute Gasteiger partial charge is 0.485 e. The maximum Gasteiger partial charge on any atom is 0.338 e. The number of benzene rings is 2. The van der Waals surface area contributed by atoms with E-state index in [1.165, 1.54) is 12.1 Å². The third-order valence-corrected chi connectivity index (χ3v) is 4.76. The van der Waals surface area contributed by atoms with E-state index in [1.54, 1.807) is 26.0 Å². The summed E-state index contributed by atoms with van der Waals surface area (Å²) in [4.78, 5) is 28.5. The Balaban J connectivity index is 2.23. The lowest BCUT2D eigenvalue weighted by Crippen LogP contribution is -2.54. The fourth-order valence-corrected chi connectivity index (χ4v) is 3.31. The summed E-state index contributed by atoms with van der Waals surface area (Å²) in [5.41, 5.74) is -1.10. The maximum atomic E-state index is 13.9. The Bertz CT molecular complexity index is 1060. The van der Waals surface area contributed by atoms with Crippen molar-refractivity contribution in [3.8, 4) is 11.8 Å². The summed E-state index contributed by atoms with van der Waals surface area (Å²) in [5.74, 6) is -2.86. The van der Waals surface area contributed by atoms with Crippen LogP contribution in [0.5, 0.6) is 5.75 Å². The van der Waals surface area contributed by atoms with Crippen LogP contribution in [0.3, 0.4) is 0 Å². The summed E-state index contributed by atoms with van der Waals surface area (Å²) in [7, 11) is 0. The van der Waals surface area contributed by atoms with Gasteiger partial charge in [0, 0.05) is 12.5 Å². The number of nitrogens with zero attached hydrogens (tertiary/aromatic N) is 2. The van der Waals surface area contributed by atoms with Crippen LogP contribution in [0.2, 0.25) is 0 Å². The molecular weight excluding hydrogens is 395 g/mol. The average molecular weight is 414 g/mol. The topological polar surface area (TPSA) is 120 Å². The van der Waals surface area contributed by atoms with Crippen LogP contribution >= 0.6 is 0 Å². The number of hydrogen-bond donors (Lipinski definition) is 2. The minimum Gasteiger partial charge on any atom is -0.485 e. The molecule has 0 amide bonds. The molecule has 1 aliphatic heterocycles. The number of carboxylic acid groups (broad SMARTS) is 1. The number of halogens is 1. The Labute approximate surface area is 171 Å². The van der Waals surface area contributed by atoms with Crippen molar-refractivity contribution in [2.45, 2.75) is 38.5 Å². The molecule has 1 aliphatic rings. The number of carbonyl (C=O) groups excluding carboxylic acids is 1. The number of carboxylic acids is 1. The molecule has 2 N–H and O–H groups in total. The second-order valence-corrected chi connectivity index (χ2v) is 7.34. The molecule has 0 aromatic heterocycles. The Morgan fingerprint density at radius 2 is 1.97 bits per heavy atom. The van der Waals surface area contributed by atoms with Crippen molar-refractivity contribution in [3.63, 3.8) is 0 Å². The van der Waals surface area contributed by atoms with Crippen LogP contribution in [0.1, 0.15) is 48.3 Å². The Morgan fingerprint density at radius 1 is 1.27 bits per heavy atom. The van der Waals surface area contributed by atoms with E-state index in [0.29, 0.717) is 11.3 Å². The van der Waals surface area contributed by atoms with Gasteiger partial charge >= 0.3 is 11.9 Å². The molecule has 3 rings (SSSR count). The summed E-state index contributed by atoms with van der Waals surface area (Å²) in [6.45, 7) is 4.40. The number of carbonyl (C=O) groups is 2. The highest BCUT2D eigenvalue weighted by Gasteiger charge is 2.47. The van der Waals surface area contributed by atoms with Crippen LogP contribution in [0.4, 0.5) is 10.1 Å². The van der Waals surface area contributed by atoms with Crippen molar-refractivity contribution in [3.05, 3.63) is 58.9 Å². The number of aromatic carboxylic acids is 1. The van der Waals surface area contributed by atoms with Crippen molar-refractivity contribution in [2.75, 3.05) is 5.06 Å². The van der Waals surface area contributed by atoms with Gasteiger partial charge in [0.05, 0.1) is 22.9 Å². The number of rotatable bonds is 4. The molecule has 156 valence electrons. The number of aliphatic hydroxyl groups is 1. The van der Waals surface area contributed by atoms with Crippen molar-refractivity contribution in [1.29, 1.82) is 5.26 Å². The van der Waals surface area contributed by atoms with Crippen molar-refractivity contribution in [2.24, 2.45) is 0 Å². The number of hydroxylamine groups is 1. The van der Waals surface area contributed by atoms with Gasteiger partial charge in [0.2, 0.25) is 0 Å². The van der Waals surface area contributed by atoms with Gasteiger partial charge in [0.15, 0.2) is 0 Å². The minimum atomic E-state index is -1.50. The number of fused-ring (bicyclic) bond motifs is 1. The summed E-state index contributed by atoms with van der Waals surface area (Å²) in [6.07, 6.45) is -1.27. The lowest BCUT2D eigenvalue weighted by Gasteiger charge is -2.45. The molecule has 0 bridgehead atoms. The van der Waals surface area contributed by atoms with Crippen LogP contribution in [0.25, 0.3) is 0 Å². The van der Waals surface area contributed by atoms with Crippen LogP contribution in [-0.4, -0.2) is 33.9 Å². The molecule has 0 spiro atoms. The zero-order chi connectivity index (χ0) is 22.2. The Kier molecular flexibility index (Phi) is 5.37. The fraction of sp³-hybridized carbons (Fsp3) is 0.286. The molecule has 30 heavy (non-hydrogen) atoms. The second kappa shape index (κ2) is 7.65. The highest BCUT2D eigenvalue weighted by Crippen LogP contribution is 2.45. The summed E-state index contributed by atoms with van der Waals surface area (Å²) in [6, 6.07) is 8.68. The molecule has 2 unspecified atom stereocenters. The van der Waals surface area contributed by atoms with E-state index in [2.05, 4.69) is 0 Å². The van der Waals surface area contributed by atoms with Crippen LogP contribution in [0.15, 0.2) is 36.4 Å². The predicted octanol–water partition coefficient (Wildman–Crippen LogP) is 2.95. The molecule has 0 saturated carbocycles. The van der Waals surface area contributed by atoms with Crippen LogP contribution < -0.4 is 9.80 Å². The zero-order valence-electron chi connectivity index (χ0n) is 16.4. The number of aliphatic hydroxyl groups excluding tert-OH is 1. The number of hydrogen-bond acceptors (Lipinski definition) is 7. The second-order valence-electron chi connectivity index (χ2n) is 7.34. The molecule has 2 atom stereocenters. The summed E-state index contributed by atoms with van der Waals surface area (Å²) in [5, 5.41) is 30.6. The number of anilines is 1. The van der Waals surface area contributed by atoms with Gasteiger partial charge in [-0.05, 0) is 50.2 Å². The average Bonchev–Trinajstić information content (AvgIpc) is 2.67. The Morgan fingerprint density at radius 3 is 2.57 bits per heavy atom. The van der Waals surface area contributed by atoms with Crippen molar-refractivity contribution in [1.82, 2.24) is 0 Å². The molecule has 0 radical (unpaired) electrons. The Hall–Kier alpha value is -3.64. The van der Waals surface area contributed by atoms with Gasteiger partial charge < -0.3 is 19.8 Å². The molecular formula is C21H19FN2O6. The first-order chi connectivity index (χ1) is 14.0. The molecule has 0 aliphatic carbocycles. The van der Waals surface area contributed by atoms with Gasteiger partial charge in [-0.2, -0.15) is 10.3 Å². The van der Waals surface area contributed by atoms with Gasteiger partial charge in [-0.25, -0.2) is 9.18 Å². The van der Waals surface area contributed by atoms with Crippen molar-refractivity contribution < 1.29 is 33.8 Å². The SMILES string of the molecule is CC(=O)ON(c1ccc(F)c(C(=O)O)c1)C1c2cc(C#N)ccc2OC(C)(C)C1O. The monoisotopic (exact) mass is 414 g/mol. The zero-order valence-corrected chi connectivity index (χ0v) is 16.4. The summed E-state index contributed by atoms with van der Waals surface area (Å²) < 4.78 is 19.8. The van der Waals surface area contributed by atoms with Gasteiger partial charge in [-0.3, -0.25) is 4.79 Å². The molecule has 8 nitrogen and oxygen atoms in total. The van der Waals surface area contributed by atoms with E-state index >= 15 is 0 Å². The van der Waals surface area contributed by atoms with E-state index in [0.717, 1.165) is 24.1 Å². The predicted molar refractivity (Wildman–Crippen MR) is 102 cm³/mol. The van der Waals surface area contributed by atoms with Crippen molar-refractivity contribution >= 4 is 17.6 Å². The first kappa shape index (κ1) is 21.1. The maximum absolute atomic E-state index is 13.9.